The van der Waals surface area contributed by atoms with Gasteiger partial charge in [0.15, 0.2) is 0 Å². The Morgan fingerprint density at radius 3 is 2.07 bits per heavy atom. The first-order valence-corrected chi connectivity index (χ1v) is 21.0. The minimum absolute atomic E-state index is 0.0112. The molecule has 0 unspecified atom stereocenters. The largest absolute Gasteiger partial charge is 0.462 e. The summed E-state index contributed by atoms with van der Waals surface area (Å²) in [4.78, 5) is 12.9. The zero-order chi connectivity index (χ0) is 32.8. The van der Waals surface area contributed by atoms with E-state index in [4.69, 9.17) is 9.47 Å². The number of hydrogen-bond donors (Lipinski definition) is 0. The number of rotatable bonds is 20. The maximum absolute atomic E-state index is 12.9. The van der Waals surface area contributed by atoms with E-state index in [1.165, 1.54) is 135 Å². The minimum atomic E-state index is -0.0112. The van der Waals surface area contributed by atoms with Gasteiger partial charge in [0, 0.05) is 18.3 Å². The van der Waals surface area contributed by atoms with Gasteiger partial charge in [0.25, 0.3) is 0 Å². The zero-order valence-corrected chi connectivity index (χ0v) is 31.5. The molecule has 0 bridgehead atoms. The fourth-order valence-corrected chi connectivity index (χ4v) is 12.3. The lowest BCUT2D eigenvalue weighted by molar-refractivity contribution is -0.160. The molecule has 0 radical (unpaired) electrons. The summed E-state index contributed by atoms with van der Waals surface area (Å²) in [7, 11) is 0. The number of epoxide rings is 1. The molecule has 266 valence electrons. The second-order valence-electron chi connectivity index (χ2n) is 18.4. The lowest BCUT2D eigenvalue weighted by atomic mass is 9.44. The molecule has 1 aliphatic heterocycles. The molecule has 1 heterocycles. The molecule has 46 heavy (non-hydrogen) atoms. The summed E-state index contributed by atoms with van der Waals surface area (Å²) in [6.45, 7) is 14.9. The average Bonchev–Trinajstić information content (AvgIpc) is 3.60. The predicted molar refractivity (Wildman–Crippen MR) is 193 cm³/mol. The van der Waals surface area contributed by atoms with Crippen LogP contribution in [0.25, 0.3) is 0 Å². The van der Waals surface area contributed by atoms with Crippen molar-refractivity contribution < 1.29 is 14.3 Å². The van der Waals surface area contributed by atoms with Gasteiger partial charge in [-0.2, -0.15) is 0 Å². The molecule has 3 nitrogen and oxygen atoms in total. The molecule has 4 aliphatic carbocycles. The van der Waals surface area contributed by atoms with Gasteiger partial charge in [0.2, 0.25) is 0 Å². The molecular weight excluding hydrogens is 564 g/mol. The van der Waals surface area contributed by atoms with E-state index in [1.54, 1.807) is 0 Å². The molecule has 10 atom stereocenters. The molecule has 0 amide bonds. The van der Waals surface area contributed by atoms with Gasteiger partial charge < -0.3 is 9.47 Å². The monoisotopic (exact) mass is 641 g/mol. The maximum atomic E-state index is 12.9. The van der Waals surface area contributed by atoms with E-state index in [1.807, 2.05) is 0 Å². The third kappa shape index (κ3) is 8.07. The molecular formula is C43H76O3. The Kier molecular flexibility index (Phi) is 13.1. The number of carbonyl (C=O) groups excluding carboxylic acids is 1. The van der Waals surface area contributed by atoms with Crippen molar-refractivity contribution in [1.82, 2.24) is 0 Å². The normalized spacial score (nSPS) is 38.5. The summed E-state index contributed by atoms with van der Waals surface area (Å²) >= 11 is 0. The first kappa shape index (κ1) is 36.7. The maximum Gasteiger partial charge on any atom is 0.306 e. The molecule has 3 heteroatoms. The van der Waals surface area contributed by atoms with Gasteiger partial charge in [0.05, 0.1) is 6.10 Å². The summed E-state index contributed by atoms with van der Waals surface area (Å²) in [5.74, 6) is 5.18. The van der Waals surface area contributed by atoms with E-state index in [9.17, 15) is 4.79 Å². The van der Waals surface area contributed by atoms with Crippen LogP contribution in [0.2, 0.25) is 0 Å². The quantitative estimate of drug-likeness (QED) is 0.0755. The van der Waals surface area contributed by atoms with Crippen molar-refractivity contribution in [2.24, 2.45) is 46.3 Å². The lowest BCUT2D eigenvalue weighted by Gasteiger charge is -2.59. The Labute approximate surface area is 285 Å². The standard InChI is InChI=1S/C43H76O3/c1-7-8-9-10-11-12-13-14-15-16-17-18-19-23-40(44)45-34-26-29-42(6)38-27-28-41(5)36(33(4)22-20-21-32(2)3)24-25-37(41)35(38)30-39-43(42,31-34)46-39/h32-39H,7-31H2,1-6H3/t33-,34+,35+,36-,37+,38+,39-,41-,42-,43-/m1/s1. The molecule has 5 fully saturated rings. The SMILES string of the molecule is CCCCCCCCCCCCCCCC(=O)O[C@H]1CC[C@]2(C)[C@H]3CC[C@]4(C)[C@@H]([C@H](C)CCCC(C)C)CC[C@H]4[C@@H]3C[C@H]3O[C@]32C1. The van der Waals surface area contributed by atoms with Gasteiger partial charge in [-0.15, -0.1) is 0 Å². The van der Waals surface area contributed by atoms with Gasteiger partial charge >= 0.3 is 5.97 Å². The topological polar surface area (TPSA) is 38.8 Å². The molecule has 5 rings (SSSR count). The Hall–Kier alpha value is -0.570. The van der Waals surface area contributed by atoms with Crippen LogP contribution in [0.3, 0.4) is 0 Å². The summed E-state index contributed by atoms with van der Waals surface area (Å²) in [6.07, 6.45) is 32.8. The fraction of sp³-hybridized carbons (Fsp3) is 0.977. The van der Waals surface area contributed by atoms with Crippen molar-refractivity contribution in [1.29, 1.82) is 0 Å². The van der Waals surface area contributed by atoms with Gasteiger partial charge in [0.1, 0.15) is 11.7 Å². The van der Waals surface area contributed by atoms with Crippen molar-refractivity contribution in [2.75, 3.05) is 0 Å². The number of carbonyl (C=O) groups is 1. The van der Waals surface area contributed by atoms with Crippen molar-refractivity contribution >= 4 is 5.97 Å². The van der Waals surface area contributed by atoms with Crippen LogP contribution in [0, 0.1) is 46.3 Å². The molecule has 0 aromatic rings. The van der Waals surface area contributed by atoms with Gasteiger partial charge in [-0.3, -0.25) is 4.79 Å². The third-order valence-corrected chi connectivity index (χ3v) is 15.0. The Morgan fingerprint density at radius 2 is 1.41 bits per heavy atom. The van der Waals surface area contributed by atoms with Crippen molar-refractivity contribution in [3.05, 3.63) is 0 Å². The van der Waals surface area contributed by atoms with Crippen molar-refractivity contribution in [3.63, 3.8) is 0 Å². The van der Waals surface area contributed by atoms with Crippen molar-refractivity contribution in [2.45, 2.75) is 220 Å². The Bertz CT molecular complexity index is 944. The van der Waals surface area contributed by atoms with Gasteiger partial charge in [-0.25, -0.2) is 0 Å². The summed E-state index contributed by atoms with van der Waals surface area (Å²) < 4.78 is 13.0. The molecule has 1 saturated heterocycles. The van der Waals surface area contributed by atoms with E-state index < -0.39 is 0 Å². The average molecular weight is 641 g/mol. The highest BCUT2D eigenvalue weighted by Gasteiger charge is 2.76. The molecule has 1 spiro atoms. The van der Waals surface area contributed by atoms with Crippen LogP contribution < -0.4 is 0 Å². The second kappa shape index (κ2) is 16.4. The smallest absolute Gasteiger partial charge is 0.306 e. The Morgan fingerprint density at radius 1 is 0.761 bits per heavy atom. The number of unbranched alkanes of at least 4 members (excludes halogenated alkanes) is 12. The number of esters is 1. The van der Waals surface area contributed by atoms with E-state index in [0.717, 1.165) is 54.8 Å². The zero-order valence-electron chi connectivity index (χ0n) is 31.5. The molecule has 0 aromatic heterocycles. The van der Waals surface area contributed by atoms with Crippen LogP contribution in [0.4, 0.5) is 0 Å². The van der Waals surface area contributed by atoms with E-state index >= 15 is 0 Å². The molecule has 0 N–H and O–H groups in total. The number of fused-ring (bicyclic) bond motifs is 4. The van der Waals surface area contributed by atoms with Gasteiger partial charge in [-0.05, 0) is 92.3 Å². The highest BCUT2D eigenvalue weighted by atomic mass is 16.6. The lowest BCUT2D eigenvalue weighted by Crippen LogP contribution is -2.59. The van der Waals surface area contributed by atoms with Crippen LogP contribution in [0.1, 0.15) is 202 Å². The summed E-state index contributed by atoms with van der Waals surface area (Å²) in [5, 5.41) is 0. The first-order chi connectivity index (χ1) is 22.1. The predicted octanol–water partition coefficient (Wildman–Crippen LogP) is 12.6. The van der Waals surface area contributed by atoms with Crippen LogP contribution >= 0.6 is 0 Å². The molecule has 4 saturated carbocycles. The van der Waals surface area contributed by atoms with Crippen LogP contribution in [-0.2, 0) is 14.3 Å². The van der Waals surface area contributed by atoms with Gasteiger partial charge in [-0.1, -0.05) is 138 Å². The van der Waals surface area contributed by atoms with Crippen LogP contribution in [-0.4, -0.2) is 23.8 Å². The highest BCUT2D eigenvalue weighted by molar-refractivity contribution is 5.69. The minimum Gasteiger partial charge on any atom is -0.462 e. The van der Waals surface area contributed by atoms with Crippen LogP contribution in [0.15, 0.2) is 0 Å². The van der Waals surface area contributed by atoms with Crippen molar-refractivity contribution in [3.8, 4) is 0 Å². The van der Waals surface area contributed by atoms with E-state index in [0.29, 0.717) is 17.9 Å². The molecule has 5 aliphatic rings. The van der Waals surface area contributed by atoms with E-state index in [2.05, 4.69) is 41.5 Å². The molecule has 0 aromatic carbocycles. The number of ether oxygens (including phenoxy) is 2. The van der Waals surface area contributed by atoms with E-state index in [-0.39, 0.29) is 23.1 Å². The second-order valence-corrected chi connectivity index (χ2v) is 18.4. The summed E-state index contributed by atoms with van der Waals surface area (Å²) in [6, 6.07) is 0. The van der Waals surface area contributed by atoms with Crippen LogP contribution in [0.5, 0.6) is 0 Å². The fourth-order valence-electron chi connectivity index (χ4n) is 12.3. The number of hydrogen-bond acceptors (Lipinski definition) is 3. The Balaban J connectivity index is 1.01. The first-order valence-electron chi connectivity index (χ1n) is 21.0. The third-order valence-electron chi connectivity index (χ3n) is 15.0. The summed E-state index contributed by atoms with van der Waals surface area (Å²) in [5.41, 5.74) is 0.785. The highest BCUT2D eigenvalue weighted by Crippen LogP contribution is 2.74.